The number of nitrogens with one attached hydrogen (secondary N) is 1. The Morgan fingerprint density at radius 1 is 1.28 bits per heavy atom. The Hall–Kier alpha value is -1.35. The molecule has 102 valence electrons. The zero-order valence-corrected chi connectivity index (χ0v) is 9.78. The number of benzene rings is 1. The lowest BCUT2D eigenvalue weighted by Crippen LogP contribution is -2.28. The largest absolute Gasteiger partial charge is 0.396 e. The molecule has 18 heavy (non-hydrogen) atoms. The van der Waals surface area contributed by atoms with Crippen molar-refractivity contribution in [3.05, 3.63) is 24.0 Å². The van der Waals surface area contributed by atoms with Gasteiger partial charge in [-0.15, -0.1) is 0 Å². The van der Waals surface area contributed by atoms with Crippen LogP contribution in [0.3, 0.4) is 0 Å². The van der Waals surface area contributed by atoms with Gasteiger partial charge in [0.05, 0.1) is 17.0 Å². The Morgan fingerprint density at radius 2 is 1.89 bits per heavy atom. The molecular weight excluding hydrogens is 276 g/mol. The van der Waals surface area contributed by atoms with Gasteiger partial charge in [0.1, 0.15) is 5.82 Å². The molecule has 0 aromatic heterocycles. The second kappa shape index (κ2) is 5.11. The lowest BCUT2D eigenvalue weighted by atomic mass is 10.3. The standard InChI is InChI=1S/C9H10F4N2O2S/c10-7-2-1-6(5-8(7)14)18(16,17)15-4-3-9(11,12)13/h1-2,5,15H,3-4,14H2. The Labute approximate surface area is 101 Å². The Morgan fingerprint density at radius 3 is 2.39 bits per heavy atom. The zero-order chi connectivity index (χ0) is 14.0. The van der Waals surface area contributed by atoms with E-state index in [1.807, 2.05) is 0 Å². The van der Waals surface area contributed by atoms with Crippen molar-refractivity contribution in [3.8, 4) is 0 Å². The molecule has 1 aromatic carbocycles. The lowest BCUT2D eigenvalue weighted by Gasteiger charge is -2.09. The predicted octanol–water partition coefficient (Wildman–Crippen LogP) is 1.64. The molecule has 0 amide bonds. The molecular formula is C9H10F4N2O2S. The van der Waals surface area contributed by atoms with Crippen LogP contribution in [-0.4, -0.2) is 21.1 Å². The van der Waals surface area contributed by atoms with Gasteiger partial charge in [0.15, 0.2) is 0 Å². The minimum absolute atomic E-state index is 0.386. The fourth-order valence-corrected chi connectivity index (χ4v) is 2.17. The van der Waals surface area contributed by atoms with Gasteiger partial charge in [0, 0.05) is 6.54 Å². The van der Waals surface area contributed by atoms with E-state index in [0.717, 1.165) is 18.2 Å². The SMILES string of the molecule is Nc1cc(S(=O)(=O)NCCC(F)(F)F)ccc1F. The Kier molecular flexibility index (Phi) is 4.17. The van der Waals surface area contributed by atoms with E-state index >= 15 is 0 Å². The summed E-state index contributed by atoms with van der Waals surface area (Å²) in [6.45, 7) is -0.789. The van der Waals surface area contributed by atoms with Crippen LogP contribution in [0, 0.1) is 5.82 Å². The van der Waals surface area contributed by atoms with Gasteiger partial charge in [-0.25, -0.2) is 17.5 Å². The number of halogens is 4. The lowest BCUT2D eigenvalue weighted by molar-refractivity contribution is -0.132. The van der Waals surface area contributed by atoms with Gasteiger partial charge in [0.2, 0.25) is 10.0 Å². The number of hydrogen-bond acceptors (Lipinski definition) is 3. The molecule has 4 nitrogen and oxygen atoms in total. The quantitative estimate of drug-likeness (QED) is 0.653. The van der Waals surface area contributed by atoms with Crippen LogP contribution in [-0.2, 0) is 10.0 Å². The number of nitrogens with two attached hydrogens (primary N) is 1. The maximum Gasteiger partial charge on any atom is 0.390 e. The van der Waals surface area contributed by atoms with Crippen molar-refractivity contribution in [1.82, 2.24) is 4.72 Å². The molecule has 0 aliphatic carbocycles. The molecule has 0 saturated carbocycles. The molecule has 1 aromatic rings. The normalized spacial score (nSPS) is 12.7. The molecule has 0 heterocycles. The van der Waals surface area contributed by atoms with E-state index in [0.29, 0.717) is 0 Å². The molecule has 0 atom stereocenters. The summed E-state index contributed by atoms with van der Waals surface area (Å²) < 4.78 is 73.1. The fraction of sp³-hybridized carbons (Fsp3) is 0.333. The highest BCUT2D eigenvalue weighted by Crippen LogP contribution is 2.20. The van der Waals surface area contributed by atoms with Gasteiger partial charge < -0.3 is 5.73 Å². The molecule has 1 rings (SSSR count). The van der Waals surface area contributed by atoms with Gasteiger partial charge in [-0.3, -0.25) is 0 Å². The number of nitrogen functional groups attached to an aromatic ring is 1. The summed E-state index contributed by atoms with van der Waals surface area (Å²) in [7, 11) is -4.12. The number of hydrogen-bond donors (Lipinski definition) is 2. The number of sulfonamides is 1. The maximum atomic E-state index is 12.8. The average molecular weight is 286 g/mol. The van der Waals surface area contributed by atoms with Crippen molar-refractivity contribution < 1.29 is 26.0 Å². The first-order chi connectivity index (χ1) is 8.12. The highest BCUT2D eigenvalue weighted by molar-refractivity contribution is 7.89. The molecule has 0 radical (unpaired) electrons. The average Bonchev–Trinajstić information content (AvgIpc) is 2.19. The van der Waals surface area contributed by atoms with Crippen LogP contribution in [0.5, 0.6) is 0 Å². The summed E-state index contributed by atoms with van der Waals surface area (Å²) in [4.78, 5) is -0.386. The van der Waals surface area contributed by atoms with Gasteiger partial charge >= 0.3 is 6.18 Å². The van der Waals surface area contributed by atoms with Crippen LogP contribution < -0.4 is 10.5 Å². The number of anilines is 1. The Bertz CT molecular complexity index is 528. The summed E-state index contributed by atoms with van der Waals surface area (Å²) >= 11 is 0. The van der Waals surface area contributed by atoms with Crippen LogP contribution in [0.1, 0.15) is 6.42 Å². The second-order valence-corrected chi connectivity index (χ2v) is 5.21. The molecule has 0 bridgehead atoms. The molecule has 0 saturated heterocycles. The van der Waals surface area contributed by atoms with E-state index < -0.39 is 40.7 Å². The van der Waals surface area contributed by atoms with Gasteiger partial charge in [-0.1, -0.05) is 0 Å². The van der Waals surface area contributed by atoms with Crippen molar-refractivity contribution in [2.75, 3.05) is 12.3 Å². The molecule has 0 unspecified atom stereocenters. The fourth-order valence-electron chi connectivity index (χ4n) is 1.10. The highest BCUT2D eigenvalue weighted by atomic mass is 32.2. The smallest absolute Gasteiger partial charge is 0.390 e. The monoisotopic (exact) mass is 286 g/mol. The summed E-state index contributed by atoms with van der Waals surface area (Å²) in [5.41, 5.74) is 4.77. The van der Waals surface area contributed by atoms with E-state index in [-0.39, 0.29) is 4.90 Å². The summed E-state index contributed by atoms with van der Waals surface area (Å²) in [6, 6.07) is 2.58. The van der Waals surface area contributed by atoms with Crippen molar-refractivity contribution in [3.63, 3.8) is 0 Å². The molecule has 0 spiro atoms. The molecule has 9 heteroatoms. The van der Waals surface area contributed by atoms with E-state index in [1.165, 1.54) is 0 Å². The third-order valence-corrected chi connectivity index (χ3v) is 3.44. The van der Waals surface area contributed by atoms with E-state index in [2.05, 4.69) is 0 Å². The van der Waals surface area contributed by atoms with E-state index in [4.69, 9.17) is 5.73 Å². The van der Waals surface area contributed by atoms with Crippen LogP contribution in [0.25, 0.3) is 0 Å². The molecule has 0 aliphatic rings. The van der Waals surface area contributed by atoms with Crippen LogP contribution >= 0.6 is 0 Å². The van der Waals surface area contributed by atoms with Crippen molar-refractivity contribution >= 4 is 15.7 Å². The third kappa shape index (κ3) is 4.15. The maximum absolute atomic E-state index is 12.8. The first-order valence-corrected chi connectivity index (χ1v) is 6.21. The van der Waals surface area contributed by atoms with E-state index in [9.17, 15) is 26.0 Å². The summed E-state index contributed by atoms with van der Waals surface area (Å²) in [5.74, 6) is -0.802. The first kappa shape index (κ1) is 14.7. The zero-order valence-electron chi connectivity index (χ0n) is 8.96. The van der Waals surface area contributed by atoms with Crippen molar-refractivity contribution in [1.29, 1.82) is 0 Å². The second-order valence-electron chi connectivity index (χ2n) is 3.45. The van der Waals surface area contributed by atoms with Crippen molar-refractivity contribution in [2.45, 2.75) is 17.5 Å². The first-order valence-electron chi connectivity index (χ1n) is 4.73. The number of rotatable bonds is 4. The molecule has 3 N–H and O–H groups in total. The molecule has 0 fully saturated rings. The van der Waals surface area contributed by atoms with Crippen LogP contribution in [0.15, 0.2) is 23.1 Å². The van der Waals surface area contributed by atoms with Gasteiger partial charge in [0.25, 0.3) is 0 Å². The van der Waals surface area contributed by atoms with Crippen LogP contribution in [0.2, 0.25) is 0 Å². The third-order valence-electron chi connectivity index (χ3n) is 1.98. The minimum Gasteiger partial charge on any atom is -0.396 e. The van der Waals surface area contributed by atoms with Gasteiger partial charge in [-0.05, 0) is 18.2 Å². The van der Waals surface area contributed by atoms with E-state index in [1.54, 1.807) is 4.72 Å². The summed E-state index contributed by atoms with van der Waals surface area (Å²) in [5, 5.41) is 0. The molecule has 0 aliphatic heterocycles. The number of alkyl halides is 3. The van der Waals surface area contributed by atoms with Crippen molar-refractivity contribution in [2.24, 2.45) is 0 Å². The minimum atomic E-state index is -4.45. The predicted molar refractivity (Wildman–Crippen MR) is 56.7 cm³/mol. The van der Waals surface area contributed by atoms with Gasteiger partial charge in [-0.2, -0.15) is 13.2 Å². The highest BCUT2D eigenvalue weighted by Gasteiger charge is 2.27. The topological polar surface area (TPSA) is 72.2 Å². The van der Waals surface area contributed by atoms with Crippen LogP contribution in [0.4, 0.5) is 23.2 Å². The summed E-state index contributed by atoms with van der Waals surface area (Å²) in [6.07, 6.45) is -5.74. The Balaban J connectivity index is 2.77.